The number of fused-ring (bicyclic) bond motifs is 7. The van der Waals surface area contributed by atoms with Gasteiger partial charge >= 0.3 is 5.63 Å². The first-order chi connectivity index (χ1) is 18.6. The van der Waals surface area contributed by atoms with Crippen LogP contribution >= 0.6 is 0 Å². The summed E-state index contributed by atoms with van der Waals surface area (Å²) in [6.45, 7) is 1.86. The van der Waals surface area contributed by atoms with E-state index >= 15 is 0 Å². The second-order valence-electron chi connectivity index (χ2n) is 9.34. The van der Waals surface area contributed by atoms with E-state index in [4.69, 9.17) is 23.7 Å². The van der Waals surface area contributed by atoms with E-state index in [0.717, 1.165) is 22.1 Å². The van der Waals surface area contributed by atoms with Gasteiger partial charge in [-0.2, -0.15) is 0 Å². The molecule has 0 saturated heterocycles. The van der Waals surface area contributed by atoms with E-state index in [0.29, 0.717) is 51.0 Å². The molecule has 1 atom stereocenters. The van der Waals surface area contributed by atoms with Crippen LogP contribution in [0.1, 0.15) is 28.6 Å². The number of nitrogens with zero attached hydrogens (tertiary/aromatic N) is 4. The molecule has 0 N–H and O–H groups in total. The highest BCUT2D eigenvalue weighted by Gasteiger charge is 2.39. The maximum Gasteiger partial charge on any atom is 0.344 e. The lowest BCUT2D eigenvalue weighted by Gasteiger charge is -2.25. The van der Waals surface area contributed by atoms with Crippen LogP contribution in [-0.2, 0) is 0 Å². The second kappa shape index (κ2) is 7.63. The lowest BCUT2D eigenvalue weighted by Crippen LogP contribution is -2.22. The minimum Gasteiger partial charge on any atom is -0.465 e. The summed E-state index contributed by atoms with van der Waals surface area (Å²) < 4.78 is 19.7. The van der Waals surface area contributed by atoms with Crippen LogP contribution in [0.3, 0.4) is 0 Å². The molecule has 38 heavy (non-hydrogen) atoms. The topological polar surface area (TPSA) is 95.7 Å². The maximum atomic E-state index is 13.4. The number of para-hydroxylation sites is 1. The Kier molecular flexibility index (Phi) is 4.20. The molecule has 5 heterocycles. The molecular weight excluding hydrogens is 480 g/mol. The number of benzene rings is 3. The van der Waals surface area contributed by atoms with Crippen LogP contribution in [0.2, 0.25) is 0 Å². The number of ether oxygens (including phenoxy) is 1. The van der Waals surface area contributed by atoms with Gasteiger partial charge in [0.05, 0.1) is 22.4 Å². The first-order valence-electron chi connectivity index (χ1n) is 12.2. The maximum absolute atomic E-state index is 13.4. The predicted octanol–water partition coefficient (Wildman–Crippen LogP) is 6.24. The largest absolute Gasteiger partial charge is 0.465 e. The normalized spacial score (nSPS) is 14.5. The minimum absolute atomic E-state index is 0.343. The highest BCUT2D eigenvalue weighted by atomic mass is 16.5. The van der Waals surface area contributed by atoms with Gasteiger partial charge in [0.1, 0.15) is 23.4 Å². The molecule has 182 valence electrons. The summed E-state index contributed by atoms with van der Waals surface area (Å²) >= 11 is 0. The number of hydrogen-bond acceptors (Lipinski definition) is 7. The molecule has 8 rings (SSSR count). The summed E-state index contributed by atoms with van der Waals surface area (Å²) in [6, 6.07) is 25.3. The van der Waals surface area contributed by atoms with Gasteiger partial charge < -0.3 is 13.6 Å². The van der Waals surface area contributed by atoms with Crippen molar-refractivity contribution in [3.63, 3.8) is 0 Å². The third kappa shape index (κ3) is 2.97. The number of hydrogen-bond donors (Lipinski definition) is 0. The van der Waals surface area contributed by atoms with E-state index in [1.807, 2.05) is 61.5 Å². The van der Waals surface area contributed by atoms with Crippen molar-refractivity contribution in [2.45, 2.75) is 12.8 Å². The first-order valence-corrected chi connectivity index (χ1v) is 12.2. The molecule has 0 aliphatic carbocycles. The Morgan fingerprint density at radius 1 is 0.868 bits per heavy atom. The van der Waals surface area contributed by atoms with Gasteiger partial charge in [0.2, 0.25) is 5.88 Å². The van der Waals surface area contributed by atoms with Gasteiger partial charge in [-0.3, -0.25) is 0 Å². The molecule has 8 nitrogen and oxygen atoms in total. The molecule has 7 aromatic rings. The average molecular weight is 498 g/mol. The zero-order chi connectivity index (χ0) is 25.4. The van der Waals surface area contributed by atoms with Crippen molar-refractivity contribution in [2.24, 2.45) is 0 Å². The van der Waals surface area contributed by atoms with Crippen LogP contribution in [0.5, 0.6) is 11.6 Å². The summed E-state index contributed by atoms with van der Waals surface area (Å²) in [7, 11) is 0. The zero-order valence-corrected chi connectivity index (χ0v) is 20.1. The van der Waals surface area contributed by atoms with Crippen LogP contribution in [0.25, 0.3) is 38.8 Å². The second-order valence-corrected chi connectivity index (χ2v) is 9.34. The Bertz CT molecular complexity index is 2120. The molecule has 0 spiro atoms. The fraction of sp³-hybridized carbons (Fsp3) is 0.0667. The van der Waals surface area contributed by atoms with Crippen molar-refractivity contribution in [1.82, 2.24) is 19.6 Å². The molecule has 1 aliphatic rings. The van der Waals surface area contributed by atoms with Gasteiger partial charge in [0.15, 0.2) is 17.2 Å². The van der Waals surface area contributed by atoms with Gasteiger partial charge in [-0.25, -0.2) is 19.3 Å². The smallest absolute Gasteiger partial charge is 0.344 e. The number of furan rings is 1. The van der Waals surface area contributed by atoms with E-state index in [9.17, 15) is 4.79 Å². The van der Waals surface area contributed by atoms with E-state index in [2.05, 4.69) is 23.2 Å². The van der Waals surface area contributed by atoms with Crippen molar-refractivity contribution < 1.29 is 13.6 Å². The van der Waals surface area contributed by atoms with Crippen LogP contribution in [-0.4, -0.2) is 19.6 Å². The number of aryl methyl sites for hydroxylation is 1. The highest BCUT2D eigenvalue weighted by Crippen LogP contribution is 2.49. The Balaban J connectivity index is 1.40. The van der Waals surface area contributed by atoms with Crippen molar-refractivity contribution in [2.75, 3.05) is 0 Å². The summed E-state index contributed by atoms with van der Waals surface area (Å²) in [5.41, 5.74) is 2.27. The van der Waals surface area contributed by atoms with Crippen LogP contribution in [0.4, 0.5) is 0 Å². The van der Waals surface area contributed by atoms with Crippen LogP contribution in [0, 0.1) is 6.92 Å². The molecule has 1 unspecified atom stereocenters. The van der Waals surface area contributed by atoms with Crippen molar-refractivity contribution in [3.8, 4) is 23.0 Å². The molecule has 0 radical (unpaired) electrons. The van der Waals surface area contributed by atoms with E-state index < -0.39 is 11.5 Å². The quantitative estimate of drug-likeness (QED) is 0.260. The van der Waals surface area contributed by atoms with Gasteiger partial charge in [-0.1, -0.05) is 48.5 Å². The van der Waals surface area contributed by atoms with Crippen molar-refractivity contribution >= 4 is 27.4 Å². The average Bonchev–Trinajstić information content (AvgIpc) is 3.58. The monoisotopic (exact) mass is 498 g/mol. The first kappa shape index (κ1) is 20.9. The van der Waals surface area contributed by atoms with Crippen molar-refractivity contribution in [3.05, 3.63) is 118 Å². The van der Waals surface area contributed by atoms with Gasteiger partial charge in [0.25, 0.3) is 0 Å². The molecule has 8 heteroatoms. The molecule has 4 aromatic heterocycles. The molecule has 3 aromatic carbocycles. The molecule has 0 saturated carbocycles. The Morgan fingerprint density at radius 2 is 1.71 bits per heavy atom. The lowest BCUT2D eigenvalue weighted by atomic mass is 9.88. The Morgan fingerprint density at radius 3 is 2.58 bits per heavy atom. The molecule has 0 bridgehead atoms. The fourth-order valence-electron chi connectivity index (χ4n) is 5.27. The third-order valence-electron chi connectivity index (χ3n) is 7.02. The summed E-state index contributed by atoms with van der Waals surface area (Å²) in [4.78, 5) is 22.9. The van der Waals surface area contributed by atoms with Gasteiger partial charge in [-0.05, 0) is 48.0 Å². The highest BCUT2D eigenvalue weighted by molar-refractivity contribution is 5.88. The third-order valence-corrected chi connectivity index (χ3v) is 7.02. The van der Waals surface area contributed by atoms with Crippen LogP contribution < -0.4 is 10.4 Å². The summed E-state index contributed by atoms with van der Waals surface area (Å²) in [6.07, 6.45) is 1.58. The minimum atomic E-state index is -0.645. The zero-order valence-electron chi connectivity index (χ0n) is 20.1. The van der Waals surface area contributed by atoms with E-state index in [-0.39, 0.29) is 0 Å². The molecule has 1 aliphatic heterocycles. The van der Waals surface area contributed by atoms with E-state index in [1.165, 1.54) is 0 Å². The van der Waals surface area contributed by atoms with Gasteiger partial charge in [-0.15, -0.1) is 5.10 Å². The molecule has 0 fully saturated rings. The number of aromatic nitrogens is 4. The Labute approximate surface area is 214 Å². The number of rotatable bonds is 2. The summed E-state index contributed by atoms with van der Waals surface area (Å²) in [5, 5.41) is 7.62. The molecule has 0 amide bonds. The molecular formula is C30H18N4O4. The predicted molar refractivity (Wildman–Crippen MR) is 141 cm³/mol. The van der Waals surface area contributed by atoms with E-state index in [1.54, 1.807) is 16.9 Å². The fourth-order valence-corrected chi connectivity index (χ4v) is 5.27. The van der Waals surface area contributed by atoms with Gasteiger partial charge in [0, 0.05) is 5.56 Å². The van der Waals surface area contributed by atoms with Crippen LogP contribution in [0.15, 0.2) is 98.8 Å². The SMILES string of the molecule is Cc1ccc(C2c3c(c4ccccc4oc3=O)Oc3ncn4nc(-c5ccc6ccccc6c5)nc4c32)o1. The summed E-state index contributed by atoms with van der Waals surface area (Å²) in [5.74, 6) is 1.94. The van der Waals surface area contributed by atoms with Crippen molar-refractivity contribution in [1.29, 1.82) is 0 Å². The lowest BCUT2D eigenvalue weighted by molar-refractivity contribution is 0.402. The Hall–Kier alpha value is -5.24. The standard InChI is InChI=1S/C30H18N4O4/c1-16-10-13-22(36-16)23-24-26(20-8-4-5-9-21(20)37-30(24)35)38-29-25(23)28-32-27(33-34(28)15-31-29)19-12-11-17-6-2-3-7-18(17)14-19/h2-15,23H,1H3.